The number of nitrogens with two attached hydrogens (primary N) is 1. The van der Waals surface area contributed by atoms with Gasteiger partial charge in [0.25, 0.3) is 5.91 Å². The third kappa shape index (κ3) is 3.86. The van der Waals surface area contributed by atoms with Gasteiger partial charge in [-0.3, -0.25) is 4.79 Å². The predicted octanol–water partition coefficient (Wildman–Crippen LogP) is 2.57. The smallest absolute Gasteiger partial charge is 0.253 e. The molecule has 0 unspecified atom stereocenters. The van der Waals surface area contributed by atoms with E-state index in [2.05, 4.69) is 25.7 Å². The van der Waals surface area contributed by atoms with Crippen LogP contribution in [0.3, 0.4) is 0 Å². The van der Waals surface area contributed by atoms with Crippen LogP contribution in [0.15, 0.2) is 18.2 Å². The molecular formula is C18H24N2O. The summed E-state index contributed by atoms with van der Waals surface area (Å²) in [6, 6.07) is 5.72. The maximum atomic E-state index is 12.6. The second-order valence-electron chi connectivity index (χ2n) is 6.53. The van der Waals surface area contributed by atoms with Crippen molar-refractivity contribution in [1.82, 2.24) is 4.90 Å². The van der Waals surface area contributed by atoms with E-state index >= 15 is 0 Å². The van der Waals surface area contributed by atoms with E-state index in [1.807, 2.05) is 30.0 Å². The van der Waals surface area contributed by atoms with Crippen LogP contribution in [0.2, 0.25) is 0 Å². The minimum Gasteiger partial charge on any atom is -0.338 e. The third-order valence-corrected chi connectivity index (χ3v) is 3.99. The van der Waals surface area contributed by atoms with Gasteiger partial charge in [-0.25, -0.2) is 0 Å². The molecule has 21 heavy (non-hydrogen) atoms. The minimum atomic E-state index is 0.129. The fourth-order valence-corrected chi connectivity index (χ4v) is 2.86. The van der Waals surface area contributed by atoms with E-state index in [-0.39, 0.29) is 11.3 Å². The number of rotatable bonds is 1. The lowest BCUT2D eigenvalue weighted by molar-refractivity contribution is 0.0583. The van der Waals surface area contributed by atoms with Crippen LogP contribution in [0.4, 0.5) is 0 Å². The molecule has 1 fully saturated rings. The Morgan fingerprint density at radius 2 is 2.19 bits per heavy atom. The first kappa shape index (κ1) is 15.6. The van der Waals surface area contributed by atoms with Gasteiger partial charge < -0.3 is 10.6 Å². The number of carbonyl (C=O) groups excluding carboxylic acids is 1. The molecular weight excluding hydrogens is 260 g/mol. The fourth-order valence-electron chi connectivity index (χ4n) is 2.86. The van der Waals surface area contributed by atoms with Crippen molar-refractivity contribution in [2.24, 2.45) is 11.1 Å². The van der Waals surface area contributed by atoms with Gasteiger partial charge in [0.15, 0.2) is 0 Å². The van der Waals surface area contributed by atoms with Crippen LogP contribution in [0.25, 0.3) is 0 Å². The highest BCUT2D eigenvalue weighted by Crippen LogP contribution is 2.29. The lowest BCUT2D eigenvalue weighted by atomic mass is 9.84. The Morgan fingerprint density at radius 1 is 1.43 bits per heavy atom. The van der Waals surface area contributed by atoms with E-state index in [9.17, 15) is 4.79 Å². The Kier molecular flexibility index (Phi) is 4.69. The summed E-state index contributed by atoms with van der Waals surface area (Å²) in [6.07, 6.45) is 2.27. The number of amides is 1. The average Bonchev–Trinajstić information content (AvgIpc) is 2.44. The number of benzene rings is 1. The molecule has 0 aromatic heterocycles. The Morgan fingerprint density at radius 3 is 2.81 bits per heavy atom. The Balaban J connectivity index is 2.18. The van der Waals surface area contributed by atoms with Gasteiger partial charge in [0.1, 0.15) is 0 Å². The second-order valence-corrected chi connectivity index (χ2v) is 6.53. The highest BCUT2D eigenvalue weighted by Gasteiger charge is 2.29. The molecule has 112 valence electrons. The largest absolute Gasteiger partial charge is 0.338 e. The van der Waals surface area contributed by atoms with Crippen molar-refractivity contribution in [1.29, 1.82) is 0 Å². The number of aryl methyl sites for hydroxylation is 1. The monoisotopic (exact) mass is 284 g/mol. The van der Waals surface area contributed by atoms with Crippen LogP contribution in [0.5, 0.6) is 0 Å². The Hall–Kier alpha value is -1.79. The molecule has 2 N–H and O–H groups in total. The Bertz CT molecular complexity index is 593. The zero-order valence-electron chi connectivity index (χ0n) is 13.2. The van der Waals surface area contributed by atoms with Crippen LogP contribution in [0.1, 0.15) is 48.2 Å². The summed E-state index contributed by atoms with van der Waals surface area (Å²) in [4.78, 5) is 14.6. The molecule has 1 heterocycles. The van der Waals surface area contributed by atoms with E-state index < -0.39 is 0 Å². The Labute approximate surface area is 127 Å². The molecule has 0 aliphatic carbocycles. The van der Waals surface area contributed by atoms with E-state index in [1.54, 1.807) is 0 Å². The third-order valence-electron chi connectivity index (χ3n) is 3.99. The van der Waals surface area contributed by atoms with E-state index in [0.717, 1.165) is 36.2 Å². The standard InChI is InChI=1S/C18H24N2O/c1-14-12-16(8-7-15(14)6-4-10-19)17(21)20-11-5-9-18(2,3)13-20/h7-8,12H,5,9-11,13,19H2,1-3H3. The van der Waals surface area contributed by atoms with Crippen molar-refractivity contribution < 1.29 is 4.79 Å². The summed E-state index contributed by atoms with van der Waals surface area (Å²) in [5.41, 5.74) is 8.33. The normalized spacial score (nSPS) is 17.0. The van der Waals surface area contributed by atoms with Gasteiger partial charge in [-0.15, -0.1) is 0 Å². The number of hydrogen-bond donors (Lipinski definition) is 1. The van der Waals surface area contributed by atoms with Gasteiger partial charge in [0.05, 0.1) is 6.54 Å². The van der Waals surface area contributed by atoms with Gasteiger partial charge in [0, 0.05) is 24.2 Å². The number of likely N-dealkylation sites (tertiary alicyclic amines) is 1. The molecule has 0 spiro atoms. The summed E-state index contributed by atoms with van der Waals surface area (Å²) in [5.74, 6) is 6.01. The maximum absolute atomic E-state index is 12.6. The summed E-state index contributed by atoms with van der Waals surface area (Å²) < 4.78 is 0. The van der Waals surface area contributed by atoms with E-state index in [0.29, 0.717) is 6.54 Å². The molecule has 2 rings (SSSR count). The zero-order chi connectivity index (χ0) is 15.5. The highest BCUT2D eigenvalue weighted by molar-refractivity contribution is 5.94. The van der Waals surface area contributed by atoms with Crippen molar-refractivity contribution >= 4 is 5.91 Å². The fraction of sp³-hybridized carbons (Fsp3) is 0.500. The number of carbonyl (C=O) groups is 1. The lowest BCUT2D eigenvalue weighted by Gasteiger charge is -2.38. The molecule has 1 aromatic carbocycles. The van der Waals surface area contributed by atoms with E-state index in [1.165, 1.54) is 6.42 Å². The first-order chi connectivity index (χ1) is 9.93. The molecule has 0 saturated carbocycles. The summed E-state index contributed by atoms with van der Waals surface area (Å²) in [6.45, 7) is 8.47. The summed E-state index contributed by atoms with van der Waals surface area (Å²) in [5, 5.41) is 0. The number of hydrogen-bond acceptors (Lipinski definition) is 2. The van der Waals surface area contributed by atoms with Crippen LogP contribution in [0, 0.1) is 24.2 Å². The molecule has 1 aliphatic rings. The first-order valence-electron chi connectivity index (χ1n) is 7.52. The van der Waals surface area contributed by atoms with E-state index in [4.69, 9.17) is 5.73 Å². The number of nitrogens with zero attached hydrogens (tertiary/aromatic N) is 1. The molecule has 1 saturated heterocycles. The van der Waals surface area contributed by atoms with Gasteiger partial charge in [0.2, 0.25) is 0 Å². The summed E-state index contributed by atoms with van der Waals surface area (Å²) in [7, 11) is 0. The average molecular weight is 284 g/mol. The van der Waals surface area contributed by atoms with Crippen LogP contribution in [-0.2, 0) is 0 Å². The van der Waals surface area contributed by atoms with Crippen molar-refractivity contribution in [2.75, 3.05) is 19.6 Å². The molecule has 0 bridgehead atoms. The molecule has 3 nitrogen and oxygen atoms in total. The minimum absolute atomic E-state index is 0.129. The topological polar surface area (TPSA) is 46.3 Å². The first-order valence-corrected chi connectivity index (χ1v) is 7.52. The quantitative estimate of drug-likeness (QED) is 0.806. The van der Waals surface area contributed by atoms with Gasteiger partial charge in [-0.2, -0.15) is 0 Å². The van der Waals surface area contributed by atoms with Crippen LogP contribution >= 0.6 is 0 Å². The SMILES string of the molecule is Cc1cc(C(=O)N2CCCC(C)(C)C2)ccc1C#CCN. The van der Waals surface area contributed by atoms with Crippen molar-refractivity contribution in [2.45, 2.75) is 33.6 Å². The molecule has 1 aromatic rings. The van der Waals surface area contributed by atoms with Crippen molar-refractivity contribution in [3.8, 4) is 11.8 Å². The lowest BCUT2D eigenvalue weighted by Crippen LogP contribution is -2.43. The van der Waals surface area contributed by atoms with Crippen LogP contribution < -0.4 is 5.73 Å². The molecule has 0 atom stereocenters. The van der Waals surface area contributed by atoms with Gasteiger partial charge >= 0.3 is 0 Å². The molecule has 1 aliphatic heterocycles. The molecule has 0 radical (unpaired) electrons. The van der Waals surface area contributed by atoms with Gasteiger partial charge in [-0.05, 0) is 48.9 Å². The molecule has 3 heteroatoms. The van der Waals surface area contributed by atoms with Crippen molar-refractivity contribution in [3.05, 3.63) is 34.9 Å². The van der Waals surface area contributed by atoms with Crippen molar-refractivity contribution in [3.63, 3.8) is 0 Å². The maximum Gasteiger partial charge on any atom is 0.253 e. The van der Waals surface area contributed by atoms with Crippen LogP contribution in [-0.4, -0.2) is 30.4 Å². The zero-order valence-corrected chi connectivity index (χ0v) is 13.2. The highest BCUT2D eigenvalue weighted by atomic mass is 16.2. The summed E-state index contributed by atoms with van der Waals surface area (Å²) >= 11 is 0. The molecule has 1 amide bonds. The van der Waals surface area contributed by atoms with Gasteiger partial charge in [-0.1, -0.05) is 25.7 Å². The second kappa shape index (κ2) is 6.32. The predicted molar refractivity (Wildman–Crippen MR) is 86.0 cm³/mol. The number of piperidine rings is 1.